The molecule has 39 heavy (non-hydrogen) atoms. The average Bonchev–Trinajstić information content (AvgIpc) is 2.99. The van der Waals surface area contributed by atoms with Gasteiger partial charge in [0.2, 0.25) is 0 Å². The van der Waals surface area contributed by atoms with Crippen molar-refractivity contribution >= 4 is 5.78 Å². The highest BCUT2D eigenvalue weighted by molar-refractivity contribution is 6.01. The molecule has 2 aromatic heterocycles. The van der Waals surface area contributed by atoms with Gasteiger partial charge in [-0.15, -0.1) is 0 Å². The Morgan fingerprint density at radius 1 is 0.590 bits per heavy atom. The van der Waals surface area contributed by atoms with E-state index >= 15 is 0 Å². The van der Waals surface area contributed by atoms with Crippen molar-refractivity contribution in [1.82, 2.24) is 9.97 Å². The first-order valence-corrected chi connectivity index (χ1v) is 13.4. The molecular formula is C36H34N2O. The van der Waals surface area contributed by atoms with Gasteiger partial charge in [-0.05, 0) is 46.5 Å². The number of hydrogen-bond donors (Lipinski definition) is 0. The lowest BCUT2D eigenvalue weighted by molar-refractivity contribution is 0.0968. The number of ketones is 1. The monoisotopic (exact) mass is 510 g/mol. The minimum atomic E-state index is -0.416. The number of aromatic nitrogens is 2. The van der Waals surface area contributed by atoms with Gasteiger partial charge in [-0.3, -0.25) is 9.78 Å². The Morgan fingerprint density at radius 2 is 1.10 bits per heavy atom. The highest BCUT2D eigenvalue weighted by Gasteiger charge is 2.31. The van der Waals surface area contributed by atoms with Gasteiger partial charge < -0.3 is 0 Å². The Hall–Kier alpha value is -4.37. The lowest BCUT2D eigenvalue weighted by Crippen LogP contribution is -2.25. The number of Topliss-reactive ketones (excluding diaryl/α,β-unsaturated/α-hetero) is 1. The fourth-order valence-corrected chi connectivity index (χ4v) is 5.18. The number of pyridine rings is 2. The van der Waals surface area contributed by atoms with Gasteiger partial charge in [-0.25, -0.2) is 4.98 Å². The molecule has 0 aliphatic rings. The van der Waals surface area contributed by atoms with Crippen molar-refractivity contribution in [2.75, 3.05) is 0 Å². The van der Waals surface area contributed by atoms with Crippen LogP contribution in [0.15, 0.2) is 128 Å². The van der Waals surface area contributed by atoms with Crippen LogP contribution in [0.5, 0.6) is 0 Å². The molecule has 5 aromatic rings. The molecule has 0 amide bonds. The Morgan fingerprint density at radius 3 is 1.67 bits per heavy atom. The van der Waals surface area contributed by atoms with Crippen molar-refractivity contribution in [2.45, 2.75) is 44.4 Å². The van der Waals surface area contributed by atoms with Crippen molar-refractivity contribution in [1.29, 1.82) is 0 Å². The average molecular weight is 511 g/mol. The van der Waals surface area contributed by atoms with Crippen LogP contribution in [0.1, 0.15) is 77.7 Å². The highest BCUT2D eigenvalue weighted by Crippen LogP contribution is 2.36. The summed E-state index contributed by atoms with van der Waals surface area (Å²) < 4.78 is 0. The van der Waals surface area contributed by atoms with Gasteiger partial charge >= 0.3 is 0 Å². The zero-order chi connectivity index (χ0) is 27.5. The van der Waals surface area contributed by atoms with Crippen molar-refractivity contribution in [3.8, 4) is 0 Å². The number of hydrogen-bond acceptors (Lipinski definition) is 3. The molecule has 0 saturated carbocycles. The normalized spacial score (nSPS) is 11.9. The zero-order valence-corrected chi connectivity index (χ0v) is 23.0. The lowest BCUT2D eigenvalue weighted by Gasteiger charge is -2.29. The molecule has 0 aliphatic carbocycles. The largest absolute Gasteiger partial charge is 0.291 e. The molecule has 5 rings (SSSR count). The Labute approximate surface area is 231 Å². The molecular weight excluding hydrogens is 476 g/mol. The summed E-state index contributed by atoms with van der Waals surface area (Å²) in [5, 5.41) is 0. The Bertz CT molecular complexity index is 1520. The van der Waals surface area contributed by atoms with E-state index in [0.29, 0.717) is 5.69 Å². The molecule has 3 aromatic carbocycles. The van der Waals surface area contributed by atoms with Crippen LogP contribution in [0, 0.1) is 0 Å². The summed E-state index contributed by atoms with van der Waals surface area (Å²) in [4.78, 5) is 23.6. The van der Waals surface area contributed by atoms with E-state index in [0.717, 1.165) is 28.1 Å². The van der Waals surface area contributed by atoms with Crippen LogP contribution in [-0.2, 0) is 10.8 Å². The van der Waals surface area contributed by atoms with Gasteiger partial charge in [0.25, 0.3) is 0 Å². The molecule has 194 valence electrons. The number of rotatable bonds is 8. The Balaban J connectivity index is 1.51. The second kappa shape index (κ2) is 10.8. The first kappa shape index (κ1) is 26.2. The summed E-state index contributed by atoms with van der Waals surface area (Å²) in [7, 11) is 0. The second-order valence-electron chi connectivity index (χ2n) is 11.1. The van der Waals surface area contributed by atoms with Crippen LogP contribution in [-0.4, -0.2) is 15.8 Å². The smallest absolute Gasteiger partial charge is 0.192 e. The van der Waals surface area contributed by atoms with Crippen LogP contribution >= 0.6 is 0 Å². The molecule has 0 radical (unpaired) electrons. The fourth-order valence-electron chi connectivity index (χ4n) is 5.18. The van der Waals surface area contributed by atoms with Gasteiger partial charge in [-0.2, -0.15) is 0 Å². The van der Waals surface area contributed by atoms with Crippen LogP contribution in [0.3, 0.4) is 0 Å². The van der Waals surface area contributed by atoms with E-state index in [4.69, 9.17) is 4.98 Å². The first-order valence-electron chi connectivity index (χ1n) is 13.4. The van der Waals surface area contributed by atoms with E-state index in [1.165, 1.54) is 5.56 Å². The molecule has 0 aliphatic heterocycles. The third-order valence-electron chi connectivity index (χ3n) is 7.78. The van der Waals surface area contributed by atoms with Gasteiger partial charge in [0.05, 0.1) is 17.3 Å². The quantitative estimate of drug-likeness (QED) is 0.198. The van der Waals surface area contributed by atoms with Crippen LogP contribution < -0.4 is 0 Å². The third-order valence-corrected chi connectivity index (χ3v) is 7.78. The summed E-state index contributed by atoms with van der Waals surface area (Å²) in [6.07, 6.45) is 1.84. The molecule has 0 fully saturated rings. The number of nitrogens with zero attached hydrogens (tertiary/aromatic N) is 2. The summed E-state index contributed by atoms with van der Waals surface area (Å²) in [5.74, 6) is -0.421. The minimum Gasteiger partial charge on any atom is -0.291 e. The second-order valence-corrected chi connectivity index (χ2v) is 11.1. The first-order chi connectivity index (χ1) is 18.8. The van der Waals surface area contributed by atoms with Crippen molar-refractivity contribution in [3.63, 3.8) is 0 Å². The van der Waals surface area contributed by atoms with Gasteiger partial charge in [0.1, 0.15) is 5.69 Å². The molecule has 0 N–H and O–H groups in total. The molecule has 0 bridgehead atoms. The summed E-state index contributed by atoms with van der Waals surface area (Å²) in [5.41, 5.74) is 5.95. The van der Waals surface area contributed by atoms with E-state index in [1.54, 1.807) is 0 Å². The van der Waals surface area contributed by atoms with Crippen molar-refractivity contribution in [2.24, 2.45) is 0 Å². The number of carbonyl (C=O) groups excluding carboxylic acids is 1. The summed E-state index contributed by atoms with van der Waals surface area (Å²) >= 11 is 0. The van der Waals surface area contributed by atoms with Crippen LogP contribution in [0.2, 0.25) is 0 Å². The predicted octanol–water partition coefficient (Wildman–Crippen LogP) is 8.14. The molecule has 0 unspecified atom stereocenters. The van der Waals surface area contributed by atoms with E-state index in [1.807, 2.05) is 97.2 Å². The lowest BCUT2D eigenvalue weighted by atomic mass is 9.75. The maximum Gasteiger partial charge on any atom is 0.192 e. The number of carbonyl (C=O) groups is 1. The zero-order valence-electron chi connectivity index (χ0n) is 23.0. The van der Waals surface area contributed by atoms with Crippen LogP contribution in [0.4, 0.5) is 0 Å². The van der Waals surface area contributed by atoms with Crippen LogP contribution in [0.25, 0.3) is 0 Å². The predicted molar refractivity (Wildman–Crippen MR) is 158 cm³/mol. The summed E-state index contributed by atoms with van der Waals surface area (Å²) in [6, 6.07) is 40.4. The Kier molecular flexibility index (Phi) is 7.26. The molecule has 0 spiro atoms. The topological polar surface area (TPSA) is 42.9 Å². The van der Waals surface area contributed by atoms with Gasteiger partial charge in [0.15, 0.2) is 5.78 Å². The van der Waals surface area contributed by atoms with Crippen molar-refractivity contribution < 1.29 is 4.79 Å². The third kappa shape index (κ3) is 5.31. The van der Waals surface area contributed by atoms with Gasteiger partial charge in [0, 0.05) is 17.0 Å². The molecule has 3 nitrogen and oxygen atoms in total. The molecule has 3 heteroatoms. The molecule has 0 saturated heterocycles. The highest BCUT2D eigenvalue weighted by atomic mass is 16.1. The van der Waals surface area contributed by atoms with E-state index < -0.39 is 11.3 Å². The fraction of sp³-hybridized carbons (Fsp3) is 0.194. The van der Waals surface area contributed by atoms with E-state index in [9.17, 15) is 4.79 Å². The van der Waals surface area contributed by atoms with Crippen molar-refractivity contribution in [3.05, 3.63) is 167 Å². The maximum atomic E-state index is 14.0. The number of benzene rings is 3. The standard InChI is InChI=1S/C36H34N2O/c1-35(2,31-22-11-12-24-37-31)28-19-13-20-29(25-28)36(3,4)32-23-14-21-30(38-32)34(39)33(26-15-7-5-8-16-26)27-17-9-6-10-18-27/h5-25,33H,1-4H3. The SMILES string of the molecule is CC(C)(c1cccc(C(C)(C)c2cccc(C(=O)C(c3ccccc3)c3ccccc3)n2)c1)c1ccccn1. The summed E-state index contributed by atoms with van der Waals surface area (Å²) in [6.45, 7) is 8.74. The van der Waals surface area contributed by atoms with E-state index in [-0.39, 0.29) is 11.2 Å². The maximum absolute atomic E-state index is 14.0. The molecule has 0 atom stereocenters. The van der Waals surface area contributed by atoms with Gasteiger partial charge in [-0.1, -0.05) is 125 Å². The minimum absolute atomic E-state index is 0.00455. The van der Waals surface area contributed by atoms with E-state index in [2.05, 4.69) is 63.0 Å². The molecule has 2 heterocycles.